The number of aromatic hydroxyl groups is 1. The van der Waals surface area contributed by atoms with Crippen molar-refractivity contribution in [1.29, 1.82) is 0 Å². The van der Waals surface area contributed by atoms with Crippen LogP contribution in [-0.2, 0) is 0 Å². The van der Waals surface area contributed by atoms with Crippen molar-refractivity contribution in [3.63, 3.8) is 0 Å². The maximum Gasteiger partial charge on any atom is 0.364 e. The quantitative estimate of drug-likeness (QED) is 0.699. The van der Waals surface area contributed by atoms with Crippen molar-refractivity contribution < 1.29 is 9.84 Å². The molecule has 18 heavy (non-hydrogen) atoms. The summed E-state index contributed by atoms with van der Waals surface area (Å²) >= 11 is 0. The number of nitrogens with one attached hydrogen (secondary N) is 1. The van der Waals surface area contributed by atoms with Crippen molar-refractivity contribution in [2.24, 2.45) is 0 Å². The maximum atomic E-state index is 11.3. The Morgan fingerprint density at radius 1 is 1.22 bits per heavy atom. The number of para-hydroxylation sites is 2. The van der Waals surface area contributed by atoms with Crippen LogP contribution in [0.25, 0.3) is 5.65 Å². The molecule has 0 radical (unpaired) electrons. The Morgan fingerprint density at radius 2 is 2.06 bits per heavy atom. The van der Waals surface area contributed by atoms with E-state index in [9.17, 15) is 9.90 Å². The molecule has 0 bridgehead atoms. The molecule has 1 aromatic carbocycles. The number of aromatic nitrogens is 4. The minimum absolute atomic E-state index is 0.000984. The monoisotopic (exact) mass is 244 g/mol. The maximum absolute atomic E-state index is 11.3. The number of phenols is 1. The summed E-state index contributed by atoms with van der Waals surface area (Å²) in [6, 6.07) is 9.64. The third-order valence-electron chi connectivity index (χ3n) is 2.33. The predicted molar refractivity (Wildman–Crippen MR) is 61.8 cm³/mol. The number of hydrogen-bond acceptors (Lipinski definition) is 5. The highest BCUT2D eigenvalue weighted by atomic mass is 16.5. The van der Waals surface area contributed by atoms with Crippen LogP contribution in [0.4, 0.5) is 0 Å². The fourth-order valence-electron chi connectivity index (χ4n) is 1.50. The molecule has 7 nitrogen and oxygen atoms in total. The summed E-state index contributed by atoms with van der Waals surface area (Å²) < 4.78 is 6.46. The van der Waals surface area contributed by atoms with Crippen molar-refractivity contribution in [3.8, 4) is 17.4 Å². The Hall–Kier alpha value is -2.83. The highest BCUT2D eigenvalue weighted by Gasteiger charge is 2.06. The fourth-order valence-corrected chi connectivity index (χ4v) is 1.50. The molecular weight excluding hydrogens is 236 g/mol. The van der Waals surface area contributed by atoms with Gasteiger partial charge in [0, 0.05) is 6.07 Å². The van der Waals surface area contributed by atoms with E-state index in [1.165, 1.54) is 6.07 Å². The van der Waals surface area contributed by atoms with Gasteiger partial charge in [-0.3, -0.25) is 0 Å². The SMILES string of the molecule is O=c1[nH]nc2ccc(Oc3ccccc3O)nn12. The standard InChI is InChI=1S/C11H8N4O3/c16-7-3-1-2-4-8(7)18-10-6-5-9-12-13-11(17)15(9)14-10/h1-6,16H,(H,13,17). The van der Waals surface area contributed by atoms with Gasteiger partial charge in [0.25, 0.3) is 0 Å². The summed E-state index contributed by atoms with van der Waals surface area (Å²) in [7, 11) is 0. The van der Waals surface area contributed by atoms with Gasteiger partial charge in [-0.25, -0.2) is 9.89 Å². The summed E-state index contributed by atoms with van der Waals surface area (Å²) in [6.45, 7) is 0. The fraction of sp³-hybridized carbons (Fsp3) is 0. The molecule has 2 N–H and O–H groups in total. The van der Waals surface area contributed by atoms with E-state index < -0.39 is 5.69 Å². The average molecular weight is 244 g/mol. The van der Waals surface area contributed by atoms with Crippen LogP contribution in [0.5, 0.6) is 17.4 Å². The Bertz CT molecular complexity index is 762. The predicted octanol–water partition coefficient (Wildman–Crippen LogP) is 0.915. The smallest absolute Gasteiger partial charge is 0.364 e. The lowest BCUT2D eigenvalue weighted by molar-refractivity contribution is 0.398. The molecule has 0 spiro atoms. The number of benzene rings is 1. The number of phenolic OH excluding ortho intramolecular Hbond substituents is 1. The van der Waals surface area contributed by atoms with Crippen LogP contribution in [0.15, 0.2) is 41.2 Å². The average Bonchev–Trinajstić information content (AvgIpc) is 2.74. The second-order valence-electron chi connectivity index (χ2n) is 3.54. The first-order valence-electron chi connectivity index (χ1n) is 5.14. The number of fused-ring (bicyclic) bond motifs is 1. The van der Waals surface area contributed by atoms with Gasteiger partial charge in [-0.2, -0.15) is 9.61 Å². The molecule has 0 saturated carbocycles. The third-order valence-corrected chi connectivity index (χ3v) is 2.33. The summed E-state index contributed by atoms with van der Waals surface area (Å²) in [6.07, 6.45) is 0. The molecule has 0 aliphatic carbocycles. The number of nitrogens with zero attached hydrogens (tertiary/aromatic N) is 3. The van der Waals surface area contributed by atoms with Gasteiger partial charge in [0.1, 0.15) is 0 Å². The molecular formula is C11H8N4O3. The van der Waals surface area contributed by atoms with Gasteiger partial charge in [-0.1, -0.05) is 12.1 Å². The largest absolute Gasteiger partial charge is 0.504 e. The van der Waals surface area contributed by atoms with Crippen LogP contribution in [0.2, 0.25) is 0 Å². The molecule has 0 amide bonds. The second-order valence-corrected chi connectivity index (χ2v) is 3.54. The molecule has 3 aromatic rings. The number of hydrogen-bond donors (Lipinski definition) is 2. The van der Waals surface area contributed by atoms with E-state index in [-0.39, 0.29) is 17.4 Å². The van der Waals surface area contributed by atoms with E-state index in [4.69, 9.17) is 4.74 Å². The molecule has 7 heteroatoms. The molecule has 0 atom stereocenters. The zero-order chi connectivity index (χ0) is 12.5. The lowest BCUT2D eigenvalue weighted by Gasteiger charge is -2.05. The lowest BCUT2D eigenvalue weighted by Crippen LogP contribution is -2.12. The zero-order valence-electron chi connectivity index (χ0n) is 9.07. The van der Waals surface area contributed by atoms with Gasteiger partial charge in [0.2, 0.25) is 5.88 Å². The molecule has 0 aliphatic heterocycles. The van der Waals surface area contributed by atoms with E-state index in [1.807, 2.05) is 0 Å². The third kappa shape index (κ3) is 1.67. The van der Waals surface area contributed by atoms with Crippen molar-refractivity contribution in [3.05, 3.63) is 46.9 Å². The molecule has 0 aliphatic rings. The Balaban J connectivity index is 2.03. The highest BCUT2D eigenvalue weighted by molar-refractivity contribution is 5.41. The topological polar surface area (TPSA) is 92.5 Å². The van der Waals surface area contributed by atoms with E-state index in [1.54, 1.807) is 30.3 Å². The van der Waals surface area contributed by atoms with Crippen LogP contribution in [0, 0.1) is 0 Å². The van der Waals surface area contributed by atoms with Crippen molar-refractivity contribution >= 4 is 5.65 Å². The van der Waals surface area contributed by atoms with Gasteiger partial charge < -0.3 is 9.84 Å². The highest BCUT2D eigenvalue weighted by Crippen LogP contribution is 2.28. The van der Waals surface area contributed by atoms with E-state index in [0.29, 0.717) is 5.65 Å². The first kappa shape index (κ1) is 10.3. The van der Waals surface area contributed by atoms with Crippen LogP contribution in [0.3, 0.4) is 0 Å². The lowest BCUT2D eigenvalue weighted by atomic mass is 10.3. The van der Waals surface area contributed by atoms with Crippen molar-refractivity contribution in [2.75, 3.05) is 0 Å². The van der Waals surface area contributed by atoms with Crippen molar-refractivity contribution in [2.45, 2.75) is 0 Å². The van der Waals surface area contributed by atoms with Crippen LogP contribution < -0.4 is 10.4 Å². The zero-order valence-corrected chi connectivity index (χ0v) is 9.07. The van der Waals surface area contributed by atoms with Gasteiger partial charge in [-0.05, 0) is 18.2 Å². The van der Waals surface area contributed by atoms with E-state index >= 15 is 0 Å². The van der Waals surface area contributed by atoms with Gasteiger partial charge >= 0.3 is 5.69 Å². The minimum Gasteiger partial charge on any atom is -0.504 e. The van der Waals surface area contributed by atoms with Crippen LogP contribution >= 0.6 is 0 Å². The molecule has 90 valence electrons. The normalized spacial score (nSPS) is 10.7. The second kappa shape index (κ2) is 3.88. The number of aromatic amines is 1. The molecule has 0 saturated heterocycles. The Labute approximate surface area is 100 Å². The summed E-state index contributed by atoms with van der Waals surface area (Å²) in [5, 5.41) is 19.5. The van der Waals surface area contributed by atoms with E-state index in [2.05, 4.69) is 15.3 Å². The first-order chi connectivity index (χ1) is 8.74. The van der Waals surface area contributed by atoms with Crippen LogP contribution in [0.1, 0.15) is 0 Å². The summed E-state index contributed by atoms with van der Waals surface area (Å²) in [5.41, 5.74) is -0.0580. The minimum atomic E-state index is -0.451. The molecule has 2 heterocycles. The van der Waals surface area contributed by atoms with E-state index in [0.717, 1.165) is 4.52 Å². The van der Waals surface area contributed by atoms with Gasteiger partial charge in [0.05, 0.1) is 0 Å². The molecule has 0 unspecified atom stereocenters. The molecule has 2 aromatic heterocycles. The Morgan fingerprint density at radius 3 is 2.89 bits per heavy atom. The summed E-state index contributed by atoms with van der Waals surface area (Å²) in [4.78, 5) is 11.3. The van der Waals surface area contributed by atoms with Crippen molar-refractivity contribution in [1.82, 2.24) is 19.8 Å². The number of ether oxygens (including phenoxy) is 1. The number of H-pyrrole nitrogens is 1. The molecule has 3 rings (SSSR count). The van der Waals surface area contributed by atoms with Gasteiger partial charge in [-0.15, -0.1) is 5.10 Å². The number of rotatable bonds is 2. The van der Waals surface area contributed by atoms with Crippen LogP contribution in [-0.4, -0.2) is 24.9 Å². The Kier molecular flexibility index (Phi) is 2.23. The summed E-state index contributed by atoms with van der Waals surface area (Å²) in [5.74, 6) is 0.451. The molecule has 0 fully saturated rings. The first-order valence-corrected chi connectivity index (χ1v) is 5.14. The van der Waals surface area contributed by atoms with Gasteiger partial charge in [0.15, 0.2) is 17.1 Å².